The van der Waals surface area contributed by atoms with Crippen LogP contribution in [0.4, 0.5) is 0 Å². The minimum Gasteiger partial charge on any atom is -0.508 e. The third kappa shape index (κ3) is 9.85. The summed E-state index contributed by atoms with van der Waals surface area (Å²) in [5, 5.41) is 10.1. The van der Waals surface area contributed by atoms with E-state index in [9.17, 15) is 14.5 Å². The Balaban J connectivity index is 2.11. The zero-order valence-electron chi connectivity index (χ0n) is 21.5. The van der Waals surface area contributed by atoms with E-state index in [0.717, 1.165) is 40.4 Å². The molecular weight excluding hydrogens is 503 g/mol. The Morgan fingerprint density at radius 1 is 1.06 bits per heavy atom. The Kier molecular flexibility index (Phi) is 12.2. The Morgan fingerprint density at radius 3 is 2.26 bits per heavy atom. The van der Waals surface area contributed by atoms with Crippen molar-refractivity contribution in [2.45, 2.75) is 47.0 Å². The molecule has 2 aromatic rings. The predicted molar refractivity (Wildman–Crippen MR) is 147 cm³/mol. The van der Waals surface area contributed by atoms with Gasteiger partial charge in [0.2, 0.25) is 0 Å². The van der Waals surface area contributed by atoms with Crippen LogP contribution in [-0.4, -0.2) is 47.5 Å². The quantitative estimate of drug-likeness (QED) is 0.204. The molecule has 0 spiro atoms. The Labute approximate surface area is 218 Å². The van der Waals surface area contributed by atoms with Gasteiger partial charge in [0.15, 0.2) is 11.5 Å². The highest BCUT2D eigenvalue weighted by atomic mass is 32.2. The summed E-state index contributed by atoms with van der Waals surface area (Å²) in [5.41, 5.74) is 5.40. The van der Waals surface area contributed by atoms with Crippen molar-refractivity contribution in [1.82, 2.24) is 0 Å². The minimum atomic E-state index is -3.47. The zero-order valence-corrected chi connectivity index (χ0v) is 24.0. The zero-order chi connectivity index (χ0) is 26.0. The van der Waals surface area contributed by atoms with Gasteiger partial charge in [-0.15, -0.1) is 0 Å². The topological polar surface area (TPSA) is 82.1 Å². The lowest BCUT2D eigenvalue weighted by Gasteiger charge is -2.20. The van der Waals surface area contributed by atoms with Crippen molar-refractivity contribution in [1.29, 1.82) is 0 Å². The van der Waals surface area contributed by atoms with Gasteiger partial charge in [0.25, 0.3) is 0 Å². The standard InChI is InChI=1S/C26H37O6PS2/c1-18(2)24-15-22(7-8-26(24)28)16-25-19(3)13-23(14-20(25)4)30-17-33(29,31-9-11-34-6)32-10-12-35-21(5)27/h7-8,13-15,18,28H,9-12,16-17H2,1-6H3. The molecule has 0 saturated heterocycles. The molecule has 2 rings (SSSR count). The molecule has 0 heterocycles. The first-order valence-corrected chi connectivity index (χ1v) is 15.7. The molecule has 0 saturated carbocycles. The molecule has 0 fully saturated rings. The maximum absolute atomic E-state index is 13.2. The summed E-state index contributed by atoms with van der Waals surface area (Å²) in [6.45, 7) is 10.1. The summed E-state index contributed by atoms with van der Waals surface area (Å²) in [5.74, 6) is 2.27. The summed E-state index contributed by atoms with van der Waals surface area (Å²) in [6.07, 6.45) is 2.50. The van der Waals surface area contributed by atoms with E-state index in [4.69, 9.17) is 13.8 Å². The van der Waals surface area contributed by atoms with Gasteiger partial charge in [-0.2, -0.15) is 11.8 Å². The molecule has 0 aliphatic heterocycles. The molecule has 0 aliphatic carbocycles. The first kappa shape index (κ1) is 29.8. The lowest BCUT2D eigenvalue weighted by Crippen LogP contribution is -2.10. The van der Waals surface area contributed by atoms with Crippen molar-refractivity contribution in [3.05, 3.63) is 58.1 Å². The summed E-state index contributed by atoms with van der Waals surface area (Å²) in [4.78, 5) is 11.1. The van der Waals surface area contributed by atoms with Crippen LogP contribution < -0.4 is 4.74 Å². The molecule has 194 valence electrons. The van der Waals surface area contributed by atoms with Crippen molar-refractivity contribution >= 4 is 36.2 Å². The molecule has 0 amide bonds. The van der Waals surface area contributed by atoms with Crippen molar-refractivity contribution < 1.29 is 28.3 Å². The number of phenolic OH excluding ortho intramolecular Hbond substituents is 1. The van der Waals surface area contributed by atoms with Gasteiger partial charge in [0, 0.05) is 18.4 Å². The van der Waals surface area contributed by atoms with E-state index >= 15 is 0 Å². The van der Waals surface area contributed by atoms with Crippen molar-refractivity contribution in [3.63, 3.8) is 0 Å². The maximum Gasteiger partial charge on any atom is 0.367 e. The third-order valence-corrected chi connectivity index (χ3v) is 8.36. The van der Waals surface area contributed by atoms with Crippen LogP contribution in [0.5, 0.6) is 11.5 Å². The summed E-state index contributed by atoms with van der Waals surface area (Å²) >= 11 is 2.72. The monoisotopic (exact) mass is 540 g/mol. The number of thioether (sulfide) groups is 2. The molecule has 0 aromatic heterocycles. The fraction of sp³-hybridized carbons (Fsp3) is 0.500. The normalized spacial score (nSPS) is 13.1. The van der Waals surface area contributed by atoms with Gasteiger partial charge in [0.05, 0.1) is 13.2 Å². The molecule has 0 radical (unpaired) electrons. The van der Waals surface area contributed by atoms with Crippen molar-refractivity contribution in [3.8, 4) is 11.5 Å². The van der Waals surface area contributed by atoms with E-state index in [-0.39, 0.29) is 24.0 Å². The molecule has 0 aliphatic rings. The molecule has 9 heteroatoms. The molecule has 2 aromatic carbocycles. The van der Waals surface area contributed by atoms with E-state index in [0.29, 0.717) is 29.6 Å². The number of phenols is 1. The Morgan fingerprint density at radius 2 is 1.69 bits per heavy atom. The minimum absolute atomic E-state index is 0.0123. The van der Waals surface area contributed by atoms with Crippen LogP contribution in [0.25, 0.3) is 0 Å². The van der Waals surface area contributed by atoms with E-state index in [1.54, 1.807) is 17.8 Å². The molecule has 6 nitrogen and oxygen atoms in total. The number of aromatic hydroxyl groups is 1. The number of hydrogen-bond acceptors (Lipinski definition) is 8. The van der Waals surface area contributed by atoms with Crippen LogP contribution in [0.15, 0.2) is 30.3 Å². The first-order valence-electron chi connectivity index (χ1n) is 11.6. The highest BCUT2D eigenvalue weighted by molar-refractivity contribution is 8.13. The van der Waals surface area contributed by atoms with E-state index in [1.807, 2.05) is 38.3 Å². The van der Waals surface area contributed by atoms with Crippen LogP contribution >= 0.6 is 31.1 Å². The van der Waals surface area contributed by atoms with Crippen molar-refractivity contribution in [2.24, 2.45) is 0 Å². The van der Waals surface area contributed by atoms with E-state index in [2.05, 4.69) is 19.9 Å². The number of benzene rings is 2. The molecule has 1 unspecified atom stereocenters. The molecular formula is C26H37O6PS2. The second kappa shape index (κ2) is 14.3. The Hall–Kier alpha value is -1.44. The SMILES string of the molecule is CSCCOP(=O)(COc1cc(C)c(Cc2ccc(O)c(C(C)C)c2)c(C)c1)OCCSC(C)=O. The lowest BCUT2D eigenvalue weighted by atomic mass is 9.93. The van der Waals surface area contributed by atoms with Gasteiger partial charge in [-0.05, 0) is 78.5 Å². The Bertz CT molecular complexity index is 1020. The van der Waals surface area contributed by atoms with Gasteiger partial charge in [-0.3, -0.25) is 9.36 Å². The second-order valence-corrected chi connectivity index (χ2v) is 12.9. The van der Waals surface area contributed by atoms with Gasteiger partial charge in [-0.1, -0.05) is 37.7 Å². The van der Waals surface area contributed by atoms with Crippen LogP contribution in [0.1, 0.15) is 54.5 Å². The molecule has 35 heavy (non-hydrogen) atoms. The number of carbonyl (C=O) groups is 1. The third-order valence-electron chi connectivity index (χ3n) is 5.41. The van der Waals surface area contributed by atoms with E-state index < -0.39 is 7.60 Å². The number of rotatable bonds is 14. The largest absolute Gasteiger partial charge is 0.508 e. The second-order valence-electron chi connectivity index (χ2n) is 8.64. The van der Waals surface area contributed by atoms with E-state index in [1.165, 1.54) is 12.5 Å². The fourth-order valence-electron chi connectivity index (χ4n) is 3.58. The number of carbonyl (C=O) groups excluding carboxylic acids is 1. The fourth-order valence-corrected chi connectivity index (χ4v) is 5.80. The average molecular weight is 541 g/mol. The van der Waals surface area contributed by atoms with Crippen LogP contribution in [0, 0.1) is 13.8 Å². The van der Waals surface area contributed by atoms with Gasteiger partial charge < -0.3 is 18.9 Å². The number of hydrogen-bond donors (Lipinski definition) is 1. The smallest absolute Gasteiger partial charge is 0.367 e. The number of ether oxygens (including phenoxy) is 1. The van der Waals surface area contributed by atoms with Crippen LogP contribution in [0.3, 0.4) is 0 Å². The van der Waals surface area contributed by atoms with Gasteiger partial charge >= 0.3 is 7.60 Å². The molecule has 1 atom stereocenters. The summed E-state index contributed by atoms with van der Waals surface area (Å²) in [6, 6.07) is 9.64. The van der Waals surface area contributed by atoms with Gasteiger partial charge in [-0.25, -0.2) is 0 Å². The highest BCUT2D eigenvalue weighted by Crippen LogP contribution is 2.48. The van der Waals surface area contributed by atoms with Crippen LogP contribution in [0.2, 0.25) is 0 Å². The predicted octanol–water partition coefficient (Wildman–Crippen LogP) is 6.93. The summed E-state index contributed by atoms with van der Waals surface area (Å²) < 4.78 is 30.2. The molecule has 0 bridgehead atoms. The average Bonchev–Trinajstić information content (AvgIpc) is 2.79. The van der Waals surface area contributed by atoms with Crippen molar-refractivity contribution in [2.75, 3.05) is 37.3 Å². The lowest BCUT2D eigenvalue weighted by molar-refractivity contribution is -0.109. The number of aryl methyl sites for hydroxylation is 2. The molecule has 1 N–H and O–H groups in total. The van der Waals surface area contributed by atoms with Crippen LogP contribution in [-0.2, 0) is 24.8 Å². The summed E-state index contributed by atoms with van der Waals surface area (Å²) in [7, 11) is -3.47. The van der Waals surface area contributed by atoms with Gasteiger partial charge in [0.1, 0.15) is 11.5 Å². The highest BCUT2D eigenvalue weighted by Gasteiger charge is 2.26. The first-order chi connectivity index (χ1) is 16.5. The maximum atomic E-state index is 13.2.